The number of unbranched alkanes of at least 4 members (excludes halogenated alkanes) is 10. The molecule has 0 amide bonds. The van der Waals surface area contributed by atoms with Gasteiger partial charge in [-0.3, -0.25) is 0 Å². The van der Waals surface area contributed by atoms with Gasteiger partial charge in [0.25, 0.3) is 0 Å². The van der Waals surface area contributed by atoms with Gasteiger partial charge < -0.3 is 4.74 Å². The number of ether oxygens (including phenoxy) is 1. The Morgan fingerprint density at radius 1 is 0.885 bits per heavy atom. The summed E-state index contributed by atoms with van der Waals surface area (Å²) in [6.45, 7) is 2.48. The van der Waals surface area contributed by atoms with E-state index >= 15 is 0 Å². The summed E-state index contributed by atoms with van der Waals surface area (Å²) in [5, 5.41) is 0. The summed E-state index contributed by atoms with van der Waals surface area (Å²) < 4.78 is 43.0. The number of benzene rings is 1. The molecule has 0 saturated heterocycles. The van der Waals surface area contributed by atoms with Crippen molar-refractivity contribution in [3.05, 3.63) is 35.4 Å². The molecule has 1 aromatic carbocycles. The number of alkyl halides is 3. The standard InChI is InChI=1S/C21H31F3O2/c1-2-3-4-5-6-7-8-9-10-11-12-16-26-20(25)18-14-13-15-19(17-18)21(22,23)24/h13-15,17H,2-12,16H2,1H3. The van der Waals surface area contributed by atoms with Crippen molar-refractivity contribution in [1.29, 1.82) is 0 Å². The number of halogens is 3. The average molecular weight is 372 g/mol. The SMILES string of the molecule is CCCCCCCCCCCCCOC(=O)c1cccc(C(F)(F)F)c1. The Morgan fingerprint density at radius 3 is 1.96 bits per heavy atom. The van der Waals surface area contributed by atoms with Crippen LogP contribution in [0.15, 0.2) is 24.3 Å². The first kappa shape index (κ1) is 22.5. The maximum atomic E-state index is 12.6. The summed E-state index contributed by atoms with van der Waals surface area (Å²) in [6.07, 6.45) is 8.70. The molecule has 0 aromatic heterocycles. The molecule has 0 aliphatic heterocycles. The van der Waals surface area contributed by atoms with Crippen molar-refractivity contribution < 1.29 is 22.7 Å². The van der Waals surface area contributed by atoms with Crippen molar-refractivity contribution in [3.8, 4) is 0 Å². The zero-order valence-electron chi connectivity index (χ0n) is 15.7. The van der Waals surface area contributed by atoms with E-state index in [1.807, 2.05) is 0 Å². The van der Waals surface area contributed by atoms with Crippen LogP contribution in [0.5, 0.6) is 0 Å². The first-order valence-corrected chi connectivity index (χ1v) is 9.79. The molecule has 0 aliphatic carbocycles. The van der Waals surface area contributed by atoms with E-state index in [-0.39, 0.29) is 12.2 Å². The van der Waals surface area contributed by atoms with Gasteiger partial charge in [0.1, 0.15) is 0 Å². The Balaban J connectivity index is 2.07. The van der Waals surface area contributed by atoms with Gasteiger partial charge in [-0.15, -0.1) is 0 Å². The molecule has 2 nitrogen and oxygen atoms in total. The quantitative estimate of drug-likeness (QED) is 0.271. The Labute approximate surface area is 155 Å². The second-order valence-corrected chi connectivity index (χ2v) is 6.75. The van der Waals surface area contributed by atoms with E-state index in [4.69, 9.17) is 4.74 Å². The smallest absolute Gasteiger partial charge is 0.416 e. The molecule has 0 saturated carbocycles. The van der Waals surface area contributed by atoms with Crippen LogP contribution in [0.25, 0.3) is 0 Å². The van der Waals surface area contributed by atoms with E-state index in [1.54, 1.807) is 0 Å². The lowest BCUT2D eigenvalue weighted by Crippen LogP contribution is -2.10. The molecular weight excluding hydrogens is 341 g/mol. The molecule has 0 aliphatic rings. The summed E-state index contributed by atoms with van der Waals surface area (Å²) in [5.74, 6) is -0.692. The third-order valence-corrected chi connectivity index (χ3v) is 4.41. The zero-order chi connectivity index (χ0) is 19.3. The van der Waals surface area contributed by atoms with Crippen molar-refractivity contribution in [2.75, 3.05) is 6.61 Å². The molecule has 1 rings (SSSR count). The highest BCUT2D eigenvalue weighted by Crippen LogP contribution is 2.29. The molecular formula is C21H31F3O2. The minimum absolute atomic E-state index is 0.0529. The van der Waals surface area contributed by atoms with Crippen LogP contribution in [-0.2, 0) is 10.9 Å². The molecule has 0 bridgehead atoms. The van der Waals surface area contributed by atoms with Crippen LogP contribution in [0.3, 0.4) is 0 Å². The lowest BCUT2D eigenvalue weighted by atomic mass is 10.1. The lowest BCUT2D eigenvalue weighted by molar-refractivity contribution is -0.137. The van der Waals surface area contributed by atoms with E-state index in [2.05, 4.69) is 6.92 Å². The van der Waals surface area contributed by atoms with Crippen molar-refractivity contribution >= 4 is 5.97 Å². The number of esters is 1. The van der Waals surface area contributed by atoms with Crippen molar-refractivity contribution in [3.63, 3.8) is 0 Å². The van der Waals surface area contributed by atoms with Gasteiger partial charge in [0, 0.05) is 0 Å². The molecule has 0 heterocycles. The van der Waals surface area contributed by atoms with Gasteiger partial charge >= 0.3 is 12.1 Å². The van der Waals surface area contributed by atoms with Gasteiger partial charge in [-0.25, -0.2) is 4.79 Å². The summed E-state index contributed by atoms with van der Waals surface area (Å²) >= 11 is 0. The molecule has 0 fully saturated rings. The highest BCUT2D eigenvalue weighted by Gasteiger charge is 2.31. The molecule has 1 aromatic rings. The van der Waals surface area contributed by atoms with Crippen LogP contribution in [0.1, 0.15) is 93.5 Å². The van der Waals surface area contributed by atoms with Crippen LogP contribution in [-0.4, -0.2) is 12.6 Å². The highest BCUT2D eigenvalue weighted by molar-refractivity contribution is 5.89. The Kier molecular flexibility index (Phi) is 11.1. The molecule has 0 spiro atoms. The third kappa shape index (κ3) is 9.83. The fourth-order valence-electron chi connectivity index (χ4n) is 2.84. The Morgan fingerprint density at radius 2 is 1.42 bits per heavy atom. The summed E-state index contributed by atoms with van der Waals surface area (Å²) in [7, 11) is 0. The number of hydrogen-bond acceptors (Lipinski definition) is 2. The number of hydrogen-bond donors (Lipinski definition) is 0. The monoisotopic (exact) mass is 372 g/mol. The molecule has 26 heavy (non-hydrogen) atoms. The second-order valence-electron chi connectivity index (χ2n) is 6.75. The van der Waals surface area contributed by atoms with Gasteiger partial charge in [-0.05, 0) is 24.6 Å². The Bertz CT molecular complexity index is 512. The van der Waals surface area contributed by atoms with Gasteiger partial charge in [0.05, 0.1) is 17.7 Å². The first-order valence-electron chi connectivity index (χ1n) is 9.79. The fraction of sp³-hybridized carbons (Fsp3) is 0.667. The van der Waals surface area contributed by atoms with E-state index in [9.17, 15) is 18.0 Å². The maximum absolute atomic E-state index is 12.6. The summed E-state index contributed by atoms with van der Waals surface area (Å²) in [4.78, 5) is 11.8. The van der Waals surface area contributed by atoms with Crippen LogP contribution >= 0.6 is 0 Å². The van der Waals surface area contributed by atoms with Crippen LogP contribution < -0.4 is 0 Å². The van der Waals surface area contributed by atoms with E-state index < -0.39 is 17.7 Å². The predicted molar refractivity (Wildman–Crippen MR) is 98.2 cm³/mol. The highest BCUT2D eigenvalue weighted by atomic mass is 19.4. The molecule has 0 unspecified atom stereocenters. The third-order valence-electron chi connectivity index (χ3n) is 4.41. The largest absolute Gasteiger partial charge is 0.462 e. The number of rotatable bonds is 13. The van der Waals surface area contributed by atoms with Gasteiger partial charge in [0.2, 0.25) is 0 Å². The van der Waals surface area contributed by atoms with Gasteiger partial charge in [0.15, 0.2) is 0 Å². The molecule has 0 atom stereocenters. The summed E-state index contributed by atoms with van der Waals surface area (Å²) in [6, 6.07) is 4.35. The minimum atomic E-state index is -4.45. The zero-order valence-corrected chi connectivity index (χ0v) is 15.7. The Hall–Kier alpha value is -1.52. The van der Waals surface area contributed by atoms with E-state index in [0.29, 0.717) is 0 Å². The lowest BCUT2D eigenvalue weighted by Gasteiger charge is -2.09. The van der Waals surface area contributed by atoms with Crippen LogP contribution in [0, 0.1) is 0 Å². The van der Waals surface area contributed by atoms with Crippen molar-refractivity contribution in [2.24, 2.45) is 0 Å². The van der Waals surface area contributed by atoms with Crippen molar-refractivity contribution in [1.82, 2.24) is 0 Å². The second kappa shape index (κ2) is 12.8. The first-order chi connectivity index (χ1) is 12.4. The molecule has 5 heteroatoms. The summed E-state index contributed by atoms with van der Waals surface area (Å²) in [5.41, 5.74) is -0.885. The predicted octanol–water partition coefficient (Wildman–Crippen LogP) is 7.17. The number of carbonyl (C=O) groups is 1. The van der Waals surface area contributed by atoms with E-state index in [1.165, 1.54) is 63.5 Å². The fourth-order valence-corrected chi connectivity index (χ4v) is 2.84. The van der Waals surface area contributed by atoms with Gasteiger partial charge in [-0.2, -0.15) is 13.2 Å². The molecule has 0 N–H and O–H groups in total. The molecule has 0 radical (unpaired) electrons. The van der Waals surface area contributed by atoms with Gasteiger partial charge in [-0.1, -0.05) is 77.2 Å². The van der Waals surface area contributed by atoms with Crippen molar-refractivity contribution in [2.45, 2.75) is 83.7 Å². The van der Waals surface area contributed by atoms with E-state index in [0.717, 1.165) is 31.4 Å². The number of carbonyl (C=O) groups excluding carboxylic acids is 1. The van der Waals surface area contributed by atoms with Crippen LogP contribution in [0.4, 0.5) is 13.2 Å². The average Bonchev–Trinajstić information content (AvgIpc) is 2.62. The normalized spacial score (nSPS) is 11.5. The van der Waals surface area contributed by atoms with Crippen LogP contribution in [0.2, 0.25) is 0 Å². The molecule has 148 valence electrons. The minimum Gasteiger partial charge on any atom is -0.462 e. The topological polar surface area (TPSA) is 26.3 Å². The maximum Gasteiger partial charge on any atom is 0.416 e.